The molecule has 34 heavy (non-hydrogen) atoms. The van der Waals surface area contributed by atoms with Gasteiger partial charge in [-0.25, -0.2) is 13.4 Å². The molecule has 1 aliphatic rings. The van der Waals surface area contributed by atoms with Crippen molar-refractivity contribution < 1.29 is 35.8 Å². The normalized spacial score (nSPS) is 14.4. The van der Waals surface area contributed by atoms with Gasteiger partial charge in [-0.05, 0) is 41.5 Å². The molecule has 0 saturated carbocycles. The van der Waals surface area contributed by atoms with Crippen molar-refractivity contribution >= 4 is 15.7 Å². The maximum absolute atomic E-state index is 12.9. The van der Waals surface area contributed by atoms with Crippen LogP contribution >= 0.6 is 0 Å². The van der Waals surface area contributed by atoms with Gasteiger partial charge in [0.25, 0.3) is 0 Å². The molecule has 0 spiro atoms. The van der Waals surface area contributed by atoms with Crippen molar-refractivity contribution in [3.05, 3.63) is 71.9 Å². The summed E-state index contributed by atoms with van der Waals surface area (Å²) < 4.78 is 82.1. The number of hydrogen-bond donors (Lipinski definition) is 1. The number of sulfonamides is 1. The maximum atomic E-state index is 12.9. The highest BCUT2D eigenvalue weighted by Gasteiger charge is 2.33. The minimum Gasteiger partial charge on any atom is -0.489 e. The molecule has 0 bridgehead atoms. The quantitative estimate of drug-likeness (QED) is 0.497. The van der Waals surface area contributed by atoms with Gasteiger partial charge in [-0.1, -0.05) is 24.3 Å². The van der Waals surface area contributed by atoms with Gasteiger partial charge < -0.3 is 14.2 Å². The molecule has 1 fully saturated rings. The van der Waals surface area contributed by atoms with Crippen LogP contribution in [0.1, 0.15) is 11.1 Å². The highest BCUT2D eigenvalue weighted by atomic mass is 32.2. The number of alkyl halides is 3. The van der Waals surface area contributed by atoms with Crippen molar-refractivity contribution in [3.8, 4) is 22.8 Å². The van der Waals surface area contributed by atoms with E-state index in [4.69, 9.17) is 14.2 Å². The van der Waals surface area contributed by atoms with Gasteiger partial charge >= 0.3 is 6.18 Å². The van der Waals surface area contributed by atoms with Gasteiger partial charge in [0.15, 0.2) is 0 Å². The number of rotatable bonds is 8. The van der Waals surface area contributed by atoms with E-state index in [1.165, 1.54) is 19.4 Å². The summed E-state index contributed by atoms with van der Waals surface area (Å²) in [7, 11) is -2.29. The molecule has 1 N–H and O–H groups in total. The summed E-state index contributed by atoms with van der Waals surface area (Å²) in [4.78, 5) is 4.19. The first kappa shape index (κ1) is 23.8. The molecule has 0 atom stereocenters. The molecular formula is C23H21F3N2O5S. The largest absolute Gasteiger partial charge is 0.489 e. The van der Waals surface area contributed by atoms with Gasteiger partial charge in [-0.2, -0.15) is 13.2 Å². The lowest BCUT2D eigenvalue weighted by molar-refractivity contribution is -0.137. The number of ether oxygens (including phenoxy) is 3. The summed E-state index contributed by atoms with van der Waals surface area (Å²) in [6.45, 7) is 0.189. The van der Waals surface area contributed by atoms with Crippen LogP contribution in [-0.2, 0) is 27.5 Å². The van der Waals surface area contributed by atoms with E-state index in [-0.39, 0.29) is 31.4 Å². The first-order valence-electron chi connectivity index (χ1n) is 10.2. The Hall–Kier alpha value is -3.31. The zero-order valence-electron chi connectivity index (χ0n) is 18.0. The molecule has 2 heterocycles. The summed E-state index contributed by atoms with van der Waals surface area (Å²) in [5.74, 6) is 0.545. The van der Waals surface area contributed by atoms with Crippen LogP contribution in [0.3, 0.4) is 0 Å². The van der Waals surface area contributed by atoms with Gasteiger partial charge in [0.1, 0.15) is 23.3 Å². The van der Waals surface area contributed by atoms with Gasteiger partial charge in [0.05, 0.1) is 25.9 Å². The second kappa shape index (κ2) is 9.51. The average molecular weight is 494 g/mol. The predicted molar refractivity (Wildman–Crippen MR) is 119 cm³/mol. The maximum Gasteiger partial charge on any atom is 0.416 e. The third-order valence-corrected chi connectivity index (χ3v) is 6.82. The number of anilines is 1. The van der Waals surface area contributed by atoms with Crippen LogP contribution in [0.15, 0.2) is 60.8 Å². The van der Waals surface area contributed by atoms with Crippen LogP contribution in [-0.4, -0.2) is 39.0 Å². The van der Waals surface area contributed by atoms with Gasteiger partial charge in [0.2, 0.25) is 15.9 Å². The second-order valence-corrected chi connectivity index (χ2v) is 9.56. The van der Waals surface area contributed by atoms with Crippen molar-refractivity contribution in [2.45, 2.75) is 18.0 Å². The Kier molecular flexibility index (Phi) is 6.67. The van der Waals surface area contributed by atoms with Crippen LogP contribution in [0.4, 0.5) is 18.9 Å². The summed E-state index contributed by atoms with van der Waals surface area (Å²) in [6, 6.07) is 13.4. The third-order valence-electron chi connectivity index (χ3n) is 5.17. The number of nitrogens with zero attached hydrogens (tertiary/aromatic N) is 1. The number of halogens is 3. The molecule has 1 aliphatic heterocycles. The van der Waals surface area contributed by atoms with Crippen LogP contribution in [0.5, 0.6) is 11.6 Å². The minimum absolute atomic E-state index is 0.0528. The highest BCUT2D eigenvalue weighted by molar-refractivity contribution is 7.93. The summed E-state index contributed by atoms with van der Waals surface area (Å²) >= 11 is 0. The monoisotopic (exact) mass is 494 g/mol. The van der Waals surface area contributed by atoms with Gasteiger partial charge in [-0.15, -0.1) is 0 Å². The van der Waals surface area contributed by atoms with E-state index in [0.29, 0.717) is 22.4 Å². The molecular weight excluding hydrogens is 473 g/mol. The number of benzene rings is 2. The lowest BCUT2D eigenvalue weighted by atomic mass is 10.1. The van der Waals surface area contributed by atoms with Crippen LogP contribution < -0.4 is 14.2 Å². The smallest absolute Gasteiger partial charge is 0.416 e. The lowest BCUT2D eigenvalue weighted by Gasteiger charge is -2.26. The van der Waals surface area contributed by atoms with E-state index < -0.39 is 27.0 Å². The van der Waals surface area contributed by atoms with Crippen LogP contribution in [0.25, 0.3) is 11.1 Å². The molecule has 11 heteroatoms. The minimum atomic E-state index is -4.43. The molecule has 0 amide bonds. The molecule has 180 valence electrons. The fraction of sp³-hybridized carbons (Fsp3) is 0.261. The van der Waals surface area contributed by atoms with Crippen LogP contribution in [0, 0.1) is 0 Å². The van der Waals surface area contributed by atoms with Crippen molar-refractivity contribution in [2.75, 3.05) is 25.0 Å². The SMILES string of the molecule is COc1ncc(-c2cccc(OCc3cccc(C(F)(F)F)c3)c2)cc1NS(=O)(=O)C1COC1. The summed E-state index contributed by atoms with van der Waals surface area (Å²) in [5.41, 5.74) is 1.08. The Morgan fingerprint density at radius 1 is 1.09 bits per heavy atom. The molecule has 2 aromatic carbocycles. The number of pyridine rings is 1. The number of methoxy groups -OCH3 is 1. The first-order valence-corrected chi connectivity index (χ1v) is 11.7. The lowest BCUT2D eigenvalue weighted by Crippen LogP contribution is -2.43. The van der Waals surface area contributed by atoms with Crippen molar-refractivity contribution in [2.24, 2.45) is 0 Å². The molecule has 3 aromatic rings. The Bertz CT molecular complexity index is 1280. The predicted octanol–water partition coefficient (Wildman–Crippen LogP) is 4.50. The Balaban J connectivity index is 1.53. The van der Waals surface area contributed by atoms with E-state index in [1.54, 1.807) is 36.4 Å². The highest BCUT2D eigenvalue weighted by Crippen LogP contribution is 2.32. The van der Waals surface area contributed by atoms with Gasteiger partial charge in [0, 0.05) is 11.8 Å². The second-order valence-electron chi connectivity index (χ2n) is 7.60. The molecule has 7 nitrogen and oxygen atoms in total. The number of nitrogens with one attached hydrogen (secondary N) is 1. The molecule has 1 saturated heterocycles. The molecule has 0 radical (unpaired) electrons. The Morgan fingerprint density at radius 3 is 2.53 bits per heavy atom. The Labute approximate surface area is 194 Å². The average Bonchev–Trinajstić information content (AvgIpc) is 2.75. The standard InChI is InChI=1S/C23H21F3N2O5S/c1-31-22-21(28-34(29,30)20-13-32-14-20)10-17(11-27-22)16-5-3-7-19(9-16)33-12-15-4-2-6-18(8-15)23(24,25)26/h2-11,20,28H,12-14H2,1H3. The summed E-state index contributed by atoms with van der Waals surface area (Å²) in [5, 5.41) is -0.645. The Morgan fingerprint density at radius 2 is 1.85 bits per heavy atom. The summed E-state index contributed by atoms with van der Waals surface area (Å²) in [6.07, 6.45) is -2.91. The number of hydrogen-bond acceptors (Lipinski definition) is 6. The van der Waals surface area contributed by atoms with Crippen LogP contribution in [0.2, 0.25) is 0 Å². The van der Waals surface area contributed by atoms with E-state index in [0.717, 1.165) is 12.1 Å². The molecule has 0 unspecified atom stereocenters. The van der Waals surface area contributed by atoms with E-state index in [9.17, 15) is 21.6 Å². The molecule has 4 rings (SSSR count). The fourth-order valence-corrected chi connectivity index (χ4v) is 4.42. The zero-order chi connectivity index (χ0) is 24.3. The zero-order valence-corrected chi connectivity index (χ0v) is 18.8. The van der Waals surface area contributed by atoms with E-state index >= 15 is 0 Å². The van der Waals surface area contributed by atoms with Crippen molar-refractivity contribution in [3.63, 3.8) is 0 Å². The topological polar surface area (TPSA) is 86.8 Å². The van der Waals surface area contributed by atoms with E-state index in [2.05, 4.69) is 9.71 Å². The third kappa shape index (κ3) is 5.42. The van der Waals surface area contributed by atoms with Crippen molar-refractivity contribution in [1.29, 1.82) is 0 Å². The van der Waals surface area contributed by atoms with E-state index in [1.807, 2.05) is 0 Å². The molecule has 1 aromatic heterocycles. The molecule has 0 aliphatic carbocycles. The first-order chi connectivity index (χ1) is 16.2. The van der Waals surface area contributed by atoms with Gasteiger partial charge in [-0.3, -0.25) is 4.72 Å². The fourth-order valence-electron chi connectivity index (χ4n) is 3.25. The number of aromatic nitrogens is 1. The van der Waals surface area contributed by atoms with Crippen molar-refractivity contribution in [1.82, 2.24) is 4.98 Å².